The number of aryl methyl sites for hydroxylation is 1. The molecule has 6 aromatic rings. The van der Waals surface area contributed by atoms with Crippen LogP contribution in [0.2, 0.25) is 0 Å². The number of halogens is 1. The van der Waals surface area contributed by atoms with Gasteiger partial charge in [-0.15, -0.1) is 0 Å². The summed E-state index contributed by atoms with van der Waals surface area (Å²) in [6.07, 6.45) is 2.45. The summed E-state index contributed by atoms with van der Waals surface area (Å²) in [6, 6.07) is 43.6. The Labute approximate surface area is 226 Å². The number of para-hydroxylation sites is 3. The van der Waals surface area contributed by atoms with Crippen LogP contribution in [0.15, 0.2) is 125 Å². The summed E-state index contributed by atoms with van der Waals surface area (Å²) >= 11 is -0.394. The van der Waals surface area contributed by atoms with E-state index in [0.29, 0.717) is 0 Å². The summed E-state index contributed by atoms with van der Waals surface area (Å²) in [5.74, 6) is 0. The van der Waals surface area contributed by atoms with Crippen LogP contribution in [0, 0.1) is 6.92 Å². The first-order chi connectivity index (χ1) is 18.3. The normalized spacial score (nSPS) is 12.7. The van der Waals surface area contributed by atoms with Crippen LogP contribution in [0.4, 0.5) is 11.4 Å². The predicted molar refractivity (Wildman–Crippen MR) is 168 cm³/mol. The van der Waals surface area contributed by atoms with Crippen LogP contribution in [0.1, 0.15) is 16.8 Å². The van der Waals surface area contributed by atoms with Crippen LogP contribution in [0.5, 0.6) is 0 Å². The molecule has 0 radical (unpaired) electrons. The van der Waals surface area contributed by atoms with E-state index in [1.165, 1.54) is 59.3 Å². The molecule has 0 saturated heterocycles. The maximum Gasteiger partial charge on any atom is 0.0800 e. The molecular formula is C34H25IN2. The number of fused-ring (bicyclic) bond motifs is 4. The zero-order valence-corrected chi connectivity index (χ0v) is 22.6. The second kappa shape index (κ2) is 9.16. The summed E-state index contributed by atoms with van der Waals surface area (Å²) in [4.78, 5) is 2.46. The Morgan fingerprint density at radius 3 is 2.22 bits per heavy atom. The molecule has 0 spiro atoms. The summed E-state index contributed by atoms with van der Waals surface area (Å²) in [6.45, 7) is 2.20. The highest BCUT2D eigenvalue weighted by atomic mass is 127. The molecule has 0 aliphatic carbocycles. The topological polar surface area (TPSA) is 8.17 Å². The second-order valence-corrected chi connectivity index (χ2v) is 11.6. The zero-order valence-electron chi connectivity index (χ0n) is 20.5. The standard InChI is InChI=1S/C34H25IN2/c1-24-12-5-9-19-30(24)36(26-15-3-2-4-16-26)34-22-29-28-18-8-10-20-32(28)37(33(29)23-35-34)31-21-11-14-25-13-6-7-17-27(25)31/h2-23H,1H3. The van der Waals surface area contributed by atoms with Crippen molar-refractivity contribution in [1.82, 2.24) is 4.57 Å². The van der Waals surface area contributed by atoms with Crippen molar-refractivity contribution in [2.24, 2.45) is 0 Å². The zero-order chi connectivity index (χ0) is 24.8. The van der Waals surface area contributed by atoms with E-state index in [4.69, 9.17) is 0 Å². The largest absolute Gasteiger partial charge is 0.308 e. The first-order valence-corrected chi connectivity index (χ1v) is 14.8. The molecule has 1 aliphatic rings. The van der Waals surface area contributed by atoms with Gasteiger partial charge in [-0.3, -0.25) is 0 Å². The second-order valence-electron chi connectivity index (χ2n) is 9.29. The van der Waals surface area contributed by atoms with Gasteiger partial charge in [0.2, 0.25) is 0 Å². The molecule has 3 heteroatoms. The van der Waals surface area contributed by atoms with E-state index in [1.807, 2.05) is 0 Å². The van der Waals surface area contributed by atoms with Gasteiger partial charge in [-0.05, 0) is 58.3 Å². The van der Waals surface area contributed by atoms with E-state index >= 15 is 0 Å². The number of hydrogen-bond acceptors (Lipinski definition) is 1. The number of aromatic nitrogens is 1. The molecular weight excluding hydrogens is 563 g/mol. The van der Waals surface area contributed by atoms with Gasteiger partial charge >= 0.3 is 0 Å². The highest BCUT2D eigenvalue weighted by Gasteiger charge is 2.23. The number of nitrogens with zero attached hydrogens (tertiary/aromatic N) is 2. The molecule has 37 heavy (non-hydrogen) atoms. The van der Waals surface area contributed by atoms with Gasteiger partial charge in [-0.2, -0.15) is 0 Å². The Hall–Kier alpha value is -3.96. The summed E-state index contributed by atoms with van der Waals surface area (Å²) in [5, 5.41) is 3.84. The Balaban J connectivity index is 1.48. The van der Waals surface area contributed by atoms with Gasteiger partial charge in [0, 0.05) is 27.7 Å². The quantitative estimate of drug-likeness (QED) is 0.147. The molecule has 0 atom stereocenters. The first kappa shape index (κ1) is 22.3. The van der Waals surface area contributed by atoms with Crippen molar-refractivity contribution in [1.29, 1.82) is 0 Å². The van der Waals surface area contributed by atoms with Gasteiger partial charge in [-0.25, -0.2) is 0 Å². The lowest BCUT2D eigenvalue weighted by Crippen LogP contribution is -2.15. The van der Waals surface area contributed by atoms with E-state index in [2.05, 4.69) is 148 Å². The molecule has 2 nitrogen and oxygen atoms in total. The van der Waals surface area contributed by atoms with Crippen LogP contribution in [-0.2, 0) is 0 Å². The smallest absolute Gasteiger partial charge is 0.0800 e. The molecule has 2 heterocycles. The minimum atomic E-state index is -0.394. The van der Waals surface area contributed by atoms with E-state index in [0.717, 1.165) is 0 Å². The van der Waals surface area contributed by atoms with Crippen molar-refractivity contribution >= 4 is 63.9 Å². The summed E-state index contributed by atoms with van der Waals surface area (Å²) in [5.41, 5.74) is 8.84. The maximum atomic E-state index is 2.51. The third-order valence-electron chi connectivity index (χ3n) is 7.08. The maximum absolute atomic E-state index is 2.51. The van der Waals surface area contributed by atoms with E-state index < -0.39 is 20.7 Å². The Morgan fingerprint density at radius 2 is 1.35 bits per heavy atom. The number of benzene rings is 5. The van der Waals surface area contributed by atoms with Crippen LogP contribution >= 0.6 is 20.7 Å². The lowest BCUT2D eigenvalue weighted by molar-refractivity contribution is 1.13. The van der Waals surface area contributed by atoms with Gasteiger partial charge in [0.25, 0.3) is 0 Å². The third kappa shape index (κ3) is 3.73. The van der Waals surface area contributed by atoms with E-state index in [-0.39, 0.29) is 0 Å². The fourth-order valence-electron chi connectivity index (χ4n) is 5.35. The van der Waals surface area contributed by atoms with Gasteiger partial charge in [0.15, 0.2) is 0 Å². The fourth-order valence-corrected chi connectivity index (χ4v) is 7.88. The Morgan fingerprint density at radius 1 is 0.649 bits per heavy atom. The third-order valence-corrected chi connectivity index (χ3v) is 9.41. The van der Waals surface area contributed by atoms with Gasteiger partial charge in [0.1, 0.15) is 0 Å². The van der Waals surface area contributed by atoms with Crippen molar-refractivity contribution in [3.8, 4) is 5.69 Å². The molecule has 0 amide bonds. The monoisotopic (exact) mass is 588 g/mol. The number of rotatable bonds is 4. The fraction of sp³-hybridized carbons (Fsp3) is 0.0294. The minimum absolute atomic E-state index is 0.394. The van der Waals surface area contributed by atoms with Crippen LogP contribution < -0.4 is 4.90 Å². The van der Waals surface area contributed by atoms with Crippen molar-refractivity contribution in [3.05, 3.63) is 142 Å². The highest BCUT2D eigenvalue weighted by Crippen LogP contribution is 2.43. The van der Waals surface area contributed by atoms with Crippen LogP contribution in [-0.4, -0.2) is 8.58 Å². The number of hydrogen-bond donors (Lipinski definition) is 0. The Kier molecular flexibility index (Phi) is 5.51. The lowest BCUT2D eigenvalue weighted by Gasteiger charge is -2.28. The lowest BCUT2D eigenvalue weighted by atomic mass is 10.1. The molecule has 5 aromatic carbocycles. The van der Waals surface area contributed by atoms with Crippen molar-refractivity contribution < 1.29 is 0 Å². The van der Waals surface area contributed by atoms with Gasteiger partial charge in [-0.1, -0.05) is 112 Å². The van der Waals surface area contributed by atoms with Crippen molar-refractivity contribution in [3.63, 3.8) is 0 Å². The van der Waals surface area contributed by atoms with E-state index in [1.54, 1.807) is 0 Å². The minimum Gasteiger partial charge on any atom is -0.308 e. The molecule has 7 rings (SSSR count). The molecule has 0 saturated carbocycles. The summed E-state index contributed by atoms with van der Waals surface area (Å²) < 4.78 is 6.37. The van der Waals surface area contributed by atoms with Gasteiger partial charge < -0.3 is 9.47 Å². The SMILES string of the molecule is Cc1ccccc1N(C1=Cc2c(n(-c3cccc4ccccc34)c3ccccc23)C=I1)c1ccccc1. The highest BCUT2D eigenvalue weighted by molar-refractivity contribution is 14.2. The molecule has 0 unspecified atom stereocenters. The van der Waals surface area contributed by atoms with E-state index in [9.17, 15) is 0 Å². The molecule has 0 bridgehead atoms. The Bertz CT molecular complexity index is 1840. The average Bonchev–Trinajstić information content (AvgIpc) is 3.28. The molecule has 1 aromatic heterocycles. The predicted octanol–water partition coefficient (Wildman–Crippen LogP) is 9.36. The molecule has 0 N–H and O–H groups in total. The average molecular weight is 588 g/mol. The molecule has 178 valence electrons. The number of anilines is 2. The van der Waals surface area contributed by atoms with Gasteiger partial charge in [0.05, 0.1) is 20.6 Å². The molecule has 1 aliphatic heterocycles. The summed E-state index contributed by atoms with van der Waals surface area (Å²) in [7, 11) is 0. The van der Waals surface area contributed by atoms with Crippen LogP contribution in [0.3, 0.4) is 0 Å². The first-order valence-electron chi connectivity index (χ1n) is 12.5. The molecule has 0 fully saturated rings. The van der Waals surface area contributed by atoms with Crippen LogP contribution in [0.25, 0.3) is 33.4 Å². The van der Waals surface area contributed by atoms with Crippen molar-refractivity contribution in [2.45, 2.75) is 6.92 Å². The van der Waals surface area contributed by atoms with Crippen molar-refractivity contribution in [2.75, 3.05) is 4.90 Å².